The molecule has 0 spiro atoms. The maximum absolute atomic E-state index is 12.3. The minimum Gasteiger partial charge on any atom is -0.463 e. The number of nitrogens with one attached hydrogen (secondary N) is 1. The molecular weight excluding hydrogens is 336 g/mol. The molecule has 0 unspecified atom stereocenters. The van der Waals surface area contributed by atoms with Crippen molar-refractivity contribution in [1.29, 1.82) is 0 Å². The second-order valence-electron chi connectivity index (χ2n) is 4.72. The average Bonchev–Trinajstić information content (AvgIpc) is 2.44. The number of amides is 2. The number of hydrogen-bond acceptors (Lipinski definition) is 3. The van der Waals surface area contributed by atoms with E-state index in [1.165, 1.54) is 4.90 Å². The lowest BCUT2D eigenvalue weighted by molar-refractivity contribution is -0.139. The normalized spacial score (nSPS) is 18.6. The summed E-state index contributed by atoms with van der Waals surface area (Å²) < 4.78 is 6.01. The fraction of sp³-hybridized carbons (Fsp3) is 0.333. The number of carbonyl (C=O) groups excluding carboxylic acids is 2. The molecule has 2 rings (SSSR count). The standard InChI is InChI=1S/C15H17BrN2O3/c1-4-21-14(19)12-9(2)18(3)15(20)17-13(12)10-6-5-7-11(16)8-10/h5-8,13H,4H2,1-3H3,(H,17,20)/t13-/m0/s1. The SMILES string of the molecule is CCOC(=O)C1=C(C)N(C)C(=O)N[C@H]1c1cccc(Br)c1. The first-order valence-electron chi connectivity index (χ1n) is 6.63. The predicted molar refractivity (Wildman–Crippen MR) is 82.5 cm³/mol. The third-order valence-corrected chi connectivity index (χ3v) is 3.92. The van der Waals surface area contributed by atoms with E-state index in [0.717, 1.165) is 10.0 Å². The van der Waals surface area contributed by atoms with Crippen LogP contribution in [0.5, 0.6) is 0 Å². The molecule has 2 amide bonds. The topological polar surface area (TPSA) is 58.6 Å². The van der Waals surface area contributed by atoms with Crippen LogP contribution in [0.3, 0.4) is 0 Å². The minimum atomic E-state index is -0.509. The van der Waals surface area contributed by atoms with Crippen LogP contribution in [0.4, 0.5) is 4.79 Å². The molecule has 0 saturated carbocycles. The third-order valence-electron chi connectivity index (χ3n) is 3.43. The highest BCUT2D eigenvalue weighted by molar-refractivity contribution is 9.10. The highest BCUT2D eigenvalue weighted by Crippen LogP contribution is 2.31. The Hall–Kier alpha value is -1.82. The summed E-state index contributed by atoms with van der Waals surface area (Å²) in [6.07, 6.45) is 0. The van der Waals surface area contributed by atoms with Gasteiger partial charge in [0.1, 0.15) is 0 Å². The van der Waals surface area contributed by atoms with Gasteiger partial charge in [-0.05, 0) is 31.5 Å². The van der Waals surface area contributed by atoms with Crippen molar-refractivity contribution < 1.29 is 14.3 Å². The van der Waals surface area contributed by atoms with Gasteiger partial charge >= 0.3 is 12.0 Å². The van der Waals surface area contributed by atoms with Crippen molar-refractivity contribution in [1.82, 2.24) is 10.2 Å². The van der Waals surface area contributed by atoms with Gasteiger partial charge in [-0.2, -0.15) is 0 Å². The van der Waals surface area contributed by atoms with Crippen molar-refractivity contribution >= 4 is 27.9 Å². The van der Waals surface area contributed by atoms with Gasteiger partial charge in [-0.3, -0.25) is 0 Å². The number of ether oxygens (including phenoxy) is 1. The van der Waals surface area contributed by atoms with E-state index in [0.29, 0.717) is 17.9 Å². The summed E-state index contributed by atoms with van der Waals surface area (Å²) in [6, 6.07) is 6.75. The molecule has 21 heavy (non-hydrogen) atoms. The highest BCUT2D eigenvalue weighted by atomic mass is 79.9. The quantitative estimate of drug-likeness (QED) is 0.850. The summed E-state index contributed by atoms with van der Waals surface area (Å²) in [4.78, 5) is 25.7. The Morgan fingerprint density at radius 1 is 1.48 bits per heavy atom. The molecule has 1 heterocycles. The maximum atomic E-state index is 12.3. The third kappa shape index (κ3) is 3.10. The van der Waals surface area contributed by atoms with Gasteiger partial charge in [0.25, 0.3) is 0 Å². The van der Waals surface area contributed by atoms with Crippen molar-refractivity contribution in [2.75, 3.05) is 13.7 Å². The number of carbonyl (C=O) groups is 2. The van der Waals surface area contributed by atoms with Gasteiger partial charge in [-0.25, -0.2) is 9.59 Å². The van der Waals surface area contributed by atoms with Crippen LogP contribution >= 0.6 is 15.9 Å². The van der Waals surface area contributed by atoms with Crippen LogP contribution in [0.15, 0.2) is 40.0 Å². The zero-order valence-electron chi connectivity index (χ0n) is 12.1. The molecule has 1 aromatic rings. The Bertz CT molecular complexity index is 613. The van der Waals surface area contributed by atoms with E-state index in [9.17, 15) is 9.59 Å². The van der Waals surface area contributed by atoms with Gasteiger partial charge in [0.2, 0.25) is 0 Å². The first kappa shape index (κ1) is 15.6. The van der Waals surface area contributed by atoms with Crippen LogP contribution in [0.25, 0.3) is 0 Å². The molecule has 1 aromatic carbocycles. The minimum absolute atomic E-state index is 0.245. The van der Waals surface area contributed by atoms with E-state index in [4.69, 9.17) is 4.74 Å². The smallest absolute Gasteiger partial charge is 0.338 e. The molecule has 1 N–H and O–H groups in total. The monoisotopic (exact) mass is 352 g/mol. The lowest BCUT2D eigenvalue weighted by Crippen LogP contribution is -2.46. The number of urea groups is 1. The lowest BCUT2D eigenvalue weighted by Gasteiger charge is -2.33. The predicted octanol–water partition coefficient (Wildman–Crippen LogP) is 2.98. The molecule has 112 valence electrons. The van der Waals surface area contributed by atoms with Gasteiger partial charge in [-0.15, -0.1) is 0 Å². The second-order valence-corrected chi connectivity index (χ2v) is 5.63. The van der Waals surface area contributed by atoms with Crippen molar-refractivity contribution in [2.24, 2.45) is 0 Å². The average molecular weight is 353 g/mol. The van der Waals surface area contributed by atoms with Crippen LogP contribution in [0.2, 0.25) is 0 Å². The number of hydrogen-bond donors (Lipinski definition) is 1. The molecule has 0 radical (unpaired) electrons. The number of benzene rings is 1. The summed E-state index contributed by atoms with van der Waals surface area (Å²) in [7, 11) is 1.63. The first-order valence-corrected chi connectivity index (χ1v) is 7.42. The van der Waals surface area contributed by atoms with Gasteiger partial charge < -0.3 is 15.0 Å². The van der Waals surface area contributed by atoms with Gasteiger partial charge in [0.15, 0.2) is 0 Å². The zero-order chi connectivity index (χ0) is 15.6. The summed E-state index contributed by atoms with van der Waals surface area (Å²) in [5.74, 6) is -0.410. The molecule has 0 bridgehead atoms. The molecule has 1 atom stereocenters. The molecule has 0 saturated heterocycles. The number of halogens is 1. The number of nitrogens with zero attached hydrogens (tertiary/aromatic N) is 1. The number of allylic oxidation sites excluding steroid dienone is 1. The molecule has 0 fully saturated rings. The van der Waals surface area contributed by atoms with E-state index in [1.807, 2.05) is 24.3 Å². The van der Waals surface area contributed by atoms with Crippen LogP contribution in [-0.4, -0.2) is 30.6 Å². The Kier molecular flexibility index (Phi) is 4.67. The van der Waals surface area contributed by atoms with Crippen molar-refractivity contribution in [3.63, 3.8) is 0 Å². The number of rotatable bonds is 3. The van der Waals surface area contributed by atoms with E-state index >= 15 is 0 Å². The Balaban J connectivity index is 2.51. The Labute approximate surface area is 132 Å². The van der Waals surface area contributed by atoms with Crippen molar-refractivity contribution in [3.05, 3.63) is 45.6 Å². The van der Waals surface area contributed by atoms with Crippen LogP contribution in [0, 0.1) is 0 Å². The van der Waals surface area contributed by atoms with Gasteiger partial charge in [-0.1, -0.05) is 28.1 Å². The van der Waals surface area contributed by atoms with Crippen molar-refractivity contribution in [3.8, 4) is 0 Å². The summed E-state index contributed by atoms with van der Waals surface area (Å²) >= 11 is 3.40. The summed E-state index contributed by atoms with van der Waals surface area (Å²) in [5, 5.41) is 2.84. The lowest BCUT2D eigenvalue weighted by atomic mass is 9.95. The summed E-state index contributed by atoms with van der Waals surface area (Å²) in [5.41, 5.74) is 1.88. The molecule has 1 aliphatic heterocycles. The van der Waals surface area contributed by atoms with E-state index in [1.54, 1.807) is 20.9 Å². The van der Waals surface area contributed by atoms with E-state index < -0.39 is 12.0 Å². The van der Waals surface area contributed by atoms with Crippen LogP contribution in [-0.2, 0) is 9.53 Å². The maximum Gasteiger partial charge on any atom is 0.338 e. The van der Waals surface area contributed by atoms with Crippen LogP contribution < -0.4 is 5.32 Å². The van der Waals surface area contributed by atoms with Crippen molar-refractivity contribution in [2.45, 2.75) is 19.9 Å². The molecule has 0 aliphatic carbocycles. The Morgan fingerprint density at radius 2 is 2.19 bits per heavy atom. The molecular formula is C15H17BrN2O3. The Morgan fingerprint density at radius 3 is 2.81 bits per heavy atom. The fourth-order valence-electron chi connectivity index (χ4n) is 2.24. The van der Waals surface area contributed by atoms with Gasteiger partial charge in [0, 0.05) is 17.2 Å². The molecule has 6 heteroatoms. The van der Waals surface area contributed by atoms with Gasteiger partial charge in [0.05, 0.1) is 18.2 Å². The largest absolute Gasteiger partial charge is 0.463 e. The molecule has 1 aliphatic rings. The first-order chi connectivity index (χ1) is 9.95. The van der Waals surface area contributed by atoms with E-state index in [-0.39, 0.29) is 6.03 Å². The highest BCUT2D eigenvalue weighted by Gasteiger charge is 2.34. The molecule has 0 aromatic heterocycles. The number of esters is 1. The molecule has 5 nitrogen and oxygen atoms in total. The second kappa shape index (κ2) is 6.30. The van der Waals surface area contributed by atoms with E-state index in [2.05, 4.69) is 21.2 Å². The fourth-order valence-corrected chi connectivity index (χ4v) is 2.66. The summed E-state index contributed by atoms with van der Waals surface area (Å²) in [6.45, 7) is 3.79. The zero-order valence-corrected chi connectivity index (χ0v) is 13.7. The van der Waals surface area contributed by atoms with Crippen LogP contribution in [0.1, 0.15) is 25.5 Å².